The Balaban J connectivity index is 2.23. The van der Waals surface area contributed by atoms with Crippen molar-refractivity contribution in [3.8, 4) is 0 Å². The van der Waals surface area contributed by atoms with Crippen molar-refractivity contribution < 1.29 is 4.79 Å². The molecule has 3 N–H and O–H groups in total. The van der Waals surface area contributed by atoms with Gasteiger partial charge < -0.3 is 11.1 Å². The van der Waals surface area contributed by atoms with Gasteiger partial charge in [0.2, 0.25) is 0 Å². The van der Waals surface area contributed by atoms with Gasteiger partial charge in [0.05, 0.1) is 27.6 Å². The summed E-state index contributed by atoms with van der Waals surface area (Å²) in [6, 6.07) is 6.52. The van der Waals surface area contributed by atoms with Crippen LogP contribution in [0.4, 0.5) is 11.4 Å². The van der Waals surface area contributed by atoms with E-state index in [1.165, 1.54) is 12.1 Å². The van der Waals surface area contributed by atoms with Gasteiger partial charge in [-0.15, -0.1) is 0 Å². The number of anilines is 2. The number of benzene rings is 1. The monoisotopic (exact) mass is 295 g/mol. The maximum atomic E-state index is 12.0. The van der Waals surface area contributed by atoms with E-state index >= 15 is 0 Å². The van der Waals surface area contributed by atoms with E-state index in [0.29, 0.717) is 11.3 Å². The zero-order chi connectivity index (χ0) is 14.0. The number of carbonyl (C=O) groups is 1. The summed E-state index contributed by atoms with van der Waals surface area (Å²) < 4.78 is 0. The Morgan fingerprint density at radius 3 is 2.63 bits per heavy atom. The molecule has 1 amide bonds. The zero-order valence-electron chi connectivity index (χ0n) is 10.1. The molecule has 1 aromatic carbocycles. The third kappa shape index (κ3) is 3.16. The molecule has 0 aliphatic heterocycles. The Hall–Kier alpha value is -1.78. The molecule has 0 saturated heterocycles. The summed E-state index contributed by atoms with van der Waals surface area (Å²) in [5.74, 6) is -0.323. The van der Waals surface area contributed by atoms with Crippen LogP contribution in [0, 0.1) is 6.92 Å². The molecule has 0 bridgehead atoms. The molecule has 0 spiro atoms. The van der Waals surface area contributed by atoms with Crippen LogP contribution in [0.2, 0.25) is 10.0 Å². The number of hydrogen-bond donors (Lipinski definition) is 2. The minimum Gasteiger partial charge on any atom is -0.397 e. The van der Waals surface area contributed by atoms with Crippen LogP contribution in [0.3, 0.4) is 0 Å². The lowest BCUT2D eigenvalue weighted by atomic mass is 10.2. The maximum Gasteiger partial charge on any atom is 0.255 e. The minimum atomic E-state index is -0.323. The quantitative estimate of drug-likeness (QED) is 0.833. The number of rotatable bonds is 2. The van der Waals surface area contributed by atoms with E-state index < -0.39 is 0 Å². The Labute approximate surface area is 120 Å². The summed E-state index contributed by atoms with van der Waals surface area (Å²) in [6.45, 7) is 1.87. The Kier molecular flexibility index (Phi) is 3.93. The van der Waals surface area contributed by atoms with Gasteiger partial charge >= 0.3 is 0 Å². The van der Waals surface area contributed by atoms with E-state index in [-0.39, 0.29) is 21.6 Å². The lowest BCUT2D eigenvalue weighted by molar-refractivity contribution is 0.102. The highest BCUT2D eigenvalue weighted by Crippen LogP contribution is 2.29. The van der Waals surface area contributed by atoms with Crippen molar-refractivity contribution in [1.82, 2.24) is 4.98 Å². The van der Waals surface area contributed by atoms with Crippen molar-refractivity contribution in [2.45, 2.75) is 6.92 Å². The third-order valence-electron chi connectivity index (χ3n) is 2.49. The van der Waals surface area contributed by atoms with Gasteiger partial charge in [-0.1, -0.05) is 23.2 Å². The molecular weight excluding hydrogens is 285 g/mol. The summed E-state index contributed by atoms with van der Waals surface area (Å²) in [6.07, 6.45) is 1.58. The number of nitrogen functional groups attached to an aromatic ring is 1. The number of halogens is 2. The summed E-state index contributed by atoms with van der Waals surface area (Å²) in [5, 5.41) is 3.19. The van der Waals surface area contributed by atoms with Crippen molar-refractivity contribution in [2.75, 3.05) is 11.1 Å². The number of nitrogens with one attached hydrogen (secondary N) is 1. The average Bonchev–Trinajstić information content (AvgIpc) is 2.38. The summed E-state index contributed by atoms with van der Waals surface area (Å²) in [7, 11) is 0. The first kappa shape index (κ1) is 13.6. The smallest absolute Gasteiger partial charge is 0.255 e. The van der Waals surface area contributed by atoms with Crippen LogP contribution in [-0.4, -0.2) is 10.9 Å². The fourth-order valence-corrected chi connectivity index (χ4v) is 1.82. The van der Waals surface area contributed by atoms with Gasteiger partial charge in [-0.2, -0.15) is 0 Å². The zero-order valence-corrected chi connectivity index (χ0v) is 11.6. The SMILES string of the molecule is Cc1ccc(NC(=O)c2cc(N)c(Cl)c(Cl)c2)cn1. The van der Waals surface area contributed by atoms with Crippen LogP contribution >= 0.6 is 23.2 Å². The van der Waals surface area contributed by atoms with Gasteiger partial charge in [0, 0.05) is 11.3 Å². The van der Waals surface area contributed by atoms with Crippen LogP contribution in [0.5, 0.6) is 0 Å². The molecule has 1 heterocycles. The molecule has 19 heavy (non-hydrogen) atoms. The number of pyridine rings is 1. The first-order valence-electron chi connectivity index (χ1n) is 5.46. The molecule has 4 nitrogen and oxygen atoms in total. The summed E-state index contributed by atoms with van der Waals surface area (Å²) in [4.78, 5) is 16.1. The van der Waals surface area contributed by atoms with Crippen LogP contribution in [0.1, 0.15) is 16.1 Å². The molecule has 6 heteroatoms. The lowest BCUT2D eigenvalue weighted by Crippen LogP contribution is -2.12. The summed E-state index contributed by atoms with van der Waals surface area (Å²) >= 11 is 11.7. The van der Waals surface area contributed by atoms with Crippen LogP contribution in [-0.2, 0) is 0 Å². The number of hydrogen-bond acceptors (Lipinski definition) is 3. The fraction of sp³-hybridized carbons (Fsp3) is 0.0769. The van der Waals surface area contributed by atoms with Crippen LogP contribution in [0.15, 0.2) is 30.5 Å². The second-order valence-electron chi connectivity index (χ2n) is 4.00. The Bertz CT molecular complexity index is 603. The van der Waals surface area contributed by atoms with E-state index in [1.807, 2.05) is 6.92 Å². The molecule has 0 fully saturated rings. The maximum absolute atomic E-state index is 12.0. The summed E-state index contributed by atoms with van der Waals surface area (Å²) in [5.41, 5.74) is 7.74. The third-order valence-corrected chi connectivity index (χ3v) is 3.30. The van der Waals surface area contributed by atoms with E-state index in [4.69, 9.17) is 28.9 Å². The van der Waals surface area contributed by atoms with E-state index in [1.54, 1.807) is 18.3 Å². The molecule has 0 aliphatic rings. The normalized spacial score (nSPS) is 10.3. The minimum absolute atomic E-state index is 0.244. The molecule has 0 unspecified atom stereocenters. The molecule has 1 aromatic heterocycles. The Morgan fingerprint density at radius 1 is 1.32 bits per heavy atom. The van der Waals surface area contributed by atoms with Gasteiger partial charge in [-0.25, -0.2) is 0 Å². The van der Waals surface area contributed by atoms with Crippen LogP contribution < -0.4 is 11.1 Å². The van der Waals surface area contributed by atoms with E-state index in [2.05, 4.69) is 10.3 Å². The van der Waals surface area contributed by atoms with Gasteiger partial charge in [0.15, 0.2) is 0 Å². The average molecular weight is 296 g/mol. The molecular formula is C13H11Cl2N3O. The van der Waals surface area contributed by atoms with Gasteiger partial charge in [0.1, 0.15) is 0 Å². The van der Waals surface area contributed by atoms with E-state index in [9.17, 15) is 4.79 Å². The second kappa shape index (κ2) is 5.47. The highest BCUT2D eigenvalue weighted by atomic mass is 35.5. The molecule has 0 radical (unpaired) electrons. The van der Waals surface area contributed by atoms with Crippen molar-refractivity contribution in [3.63, 3.8) is 0 Å². The molecule has 2 aromatic rings. The number of nitrogens with two attached hydrogens (primary N) is 1. The first-order chi connectivity index (χ1) is 8.97. The van der Waals surface area contributed by atoms with Crippen molar-refractivity contribution >= 4 is 40.5 Å². The number of aryl methyl sites for hydroxylation is 1. The van der Waals surface area contributed by atoms with Gasteiger partial charge in [0.25, 0.3) is 5.91 Å². The largest absolute Gasteiger partial charge is 0.397 e. The highest BCUT2D eigenvalue weighted by molar-refractivity contribution is 6.44. The number of aromatic nitrogens is 1. The van der Waals surface area contributed by atoms with Gasteiger partial charge in [-0.3, -0.25) is 9.78 Å². The van der Waals surface area contributed by atoms with Crippen molar-refractivity contribution in [2.24, 2.45) is 0 Å². The lowest BCUT2D eigenvalue weighted by Gasteiger charge is -2.08. The standard InChI is InChI=1S/C13H11Cl2N3O/c1-7-2-3-9(6-17-7)18-13(19)8-4-10(14)12(15)11(16)5-8/h2-6H,16H2,1H3,(H,18,19). The van der Waals surface area contributed by atoms with Gasteiger partial charge in [-0.05, 0) is 31.2 Å². The van der Waals surface area contributed by atoms with E-state index in [0.717, 1.165) is 5.69 Å². The predicted molar refractivity (Wildman–Crippen MR) is 77.8 cm³/mol. The molecule has 98 valence electrons. The molecule has 0 aliphatic carbocycles. The van der Waals surface area contributed by atoms with Crippen LogP contribution in [0.25, 0.3) is 0 Å². The fourth-order valence-electron chi connectivity index (χ4n) is 1.49. The van der Waals surface area contributed by atoms with Crippen molar-refractivity contribution in [1.29, 1.82) is 0 Å². The number of amides is 1. The Morgan fingerprint density at radius 2 is 2.05 bits per heavy atom. The molecule has 0 atom stereocenters. The first-order valence-corrected chi connectivity index (χ1v) is 6.21. The molecule has 0 saturated carbocycles. The van der Waals surface area contributed by atoms with Crippen molar-refractivity contribution in [3.05, 3.63) is 51.8 Å². The molecule has 2 rings (SSSR count). The highest BCUT2D eigenvalue weighted by Gasteiger charge is 2.11. The topological polar surface area (TPSA) is 68.0 Å². The number of carbonyl (C=O) groups excluding carboxylic acids is 1. The second-order valence-corrected chi connectivity index (χ2v) is 4.79. The number of nitrogens with zero attached hydrogens (tertiary/aromatic N) is 1. The predicted octanol–water partition coefficient (Wildman–Crippen LogP) is 3.53.